The van der Waals surface area contributed by atoms with Gasteiger partial charge in [0.15, 0.2) is 0 Å². The predicted octanol–water partition coefficient (Wildman–Crippen LogP) is 3.87. The zero-order valence-corrected chi connectivity index (χ0v) is 12.4. The fraction of sp³-hybridized carbons (Fsp3) is 0.250. The van der Waals surface area contributed by atoms with Crippen molar-refractivity contribution in [3.05, 3.63) is 53.6 Å². The fourth-order valence-corrected chi connectivity index (χ4v) is 2.86. The van der Waals surface area contributed by atoms with E-state index in [4.69, 9.17) is 4.74 Å². The predicted molar refractivity (Wildman–Crippen MR) is 81.1 cm³/mol. The molecule has 0 fully saturated rings. The lowest BCUT2D eigenvalue weighted by atomic mass is 10.1. The van der Waals surface area contributed by atoms with E-state index in [1.165, 1.54) is 20.9 Å². The monoisotopic (exact) mass is 273 g/mol. The molecule has 2 nitrogen and oxygen atoms in total. The van der Waals surface area contributed by atoms with Crippen LogP contribution in [0.2, 0.25) is 0 Å². The highest BCUT2D eigenvalue weighted by Gasteiger charge is 2.03. The van der Waals surface area contributed by atoms with Crippen molar-refractivity contribution < 1.29 is 4.74 Å². The molecule has 0 heterocycles. The lowest BCUT2D eigenvalue weighted by Crippen LogP contribution is -2.05. The number of nitrogens with one attached hydrogen (secondary N) is 1. The molecule has 0 atom stereocenters. The molecule has 2 aromatic carbocycles. The molecule has 0 bridgehead atoms. The molecular formula is C16H19NOS. The molecule has 0 radical (unpaired) electrons. The summed E-state index contributed by atoms with van der Waals surface area (Å²) in [5, 5.41) is 3.17. The van der Waals surface area contributed by atoms with Gasteiger partial charge >= 0.3 is 0 Å². The van der Waals surface area contributed by atoms with Crippen LogP contribution in [0.5, 0.6) is 5.75 Å². The third-order valence-corrected chi connectivity index (χ3v) is 4.06. The second-order valence-electron chi connectivity index (χ2n) is 4.41. The van der Waals surface area contributed by atoms with E-state index >= 15 is 0 Å². The van der Waals surface area contributed by atoms with Gasteiger partial charge < -0.3 is 10.1 Å². The SMILES string of the molecule is CNCc1ccc(Sc2cccc(OC)c2)c(C)c1. The second kappa shape index (κ2) is 6.64. The zero-order chi connectivity index (χ0) is 13.7. The number of rotatable bonds is 5. The summed E-state index contributed by atoms with van der Waals surface area (Å²) in [6, 6.07) is 14.7. The minimum Gasteiger partial charge on any atom is -0.497 e. The Labute approximate surface area is 119 Å². The number of benzene rings is 2. The maximum absolute atomic E-state index is 5.25. The first kappa shape index (κ1) is 14.0. The smallest absolute Gasteiger partial charge is 0.119 e. The maximum atomic E-state index is 5.25. The lowest BCUT2D eigenvalue weighted by Gasteiger charge is -2.09. The van der Waals surface area contributed by atoms with Crippen LogP contribution in [0, 0.1) is 6.92 Å². The van der Waals surface area contributed by atoms with Crippen LogP contribution in [0.4, 0.5) is 0 Å². The molecule has 3 heteroatoms. The molecule has 0 unspecified atom stereocenters. The first-order valence-corrected chi connectivity index (χ1v) is 7.10. The third-order valence-electron chi connectivity index (χ3n) is 2.89. The maximum Gasteiger partial charge on any atom is 0.119 e. The molecule has 0 aliphatic carbocycles. The van der Waals surface area contributed by atoms with Gasteiger partial charge in [-0.2, -0.15) is 0 Å². The topological polar surface area (TPSA) is 21.3 Å². The van der Waals surface area contributed by atoms with E-state index in [0.29, 0.717) is 0 Å². The quantitative estimate of drug-likeness (QED) is 0.893. The molecule has 0 saturated heterocycles. The molecular weight excluding hydrogens is 254 g/mol. The average Bonchev–Trinajstić information content (AvgIpc) is 2.42. The number of methoxy groups -OCH3 is 1. The molecule has 19 heavy (non-hydrogen) atoms. The number of hydrogen-bond donors (Lipinski definition) is 1. The van der Waals surface area contributed by atoms with Crippen LogP contribution >= 0.6 is 11.8 Å². The summed E-state index contributed by atoms with van der Waals surface area (Å²) in [4.78, 5) is 2.48. The van der Waals surface area contributed by atoms with Crippen molar-refractivity contribution in [1.82, 2.24) is 5.32 Å². The van der Waals surface area contributed by atoms with Crippen LogP contribution in [-0.4, -0.2) is 14.2 Å². The van der Waals surface area contributed by atoms with Crippen molar-refractivity contribution in [2.24, 2.45) is 0 Å². The number of aryl methyl sites for hydroxylation is 1. The van der Waals surface area contributed by atoms with Crippen LogP contribution in [0.15, 0.2) is 52.3 Å². The Morgan fingerprint density at radius 2 is 2.00 bits per heavy atom. The Bertz CT molecular complexity index is 554. The lowest BCUT2D eigenvalue weighted by molar-refractivity contribution is 0.413. The summed E-state index contributed by atoms with van der Waals surface area (Å²) in [5.74, 6) is 0.898. The molecule has 0 amide bonds. The van der Waals surface area contributed by atoms with Crippen LogP contribution in [0.25, 0.3) is 0 Å². The number of hydrogen-bond acceptors (Lipinski definition) is 3. The highest BCUT2D eigenvalue weighted by molar-refractivity contribution is 7.99. The largest absolute Gasteiger partial charge is 0.497 e. The normalized spacial score (nSPS) is 10.5. The van der Waals surface area contributed by atoms with Crippen molar-refractivity contribution in [3.8, 4) is 5.75 Å². The highest BCUT2D eigenvalue weighted by atomic mass is 32.2. The van der Waals surface area contributed by atoms with Gasteiger partial charge in [0.05, 0.1) is 7.11 Å². The summed E-state index contributed by atoms with van der Waals surface area (Å²) in [6.45, 7) is 3.06. The molecule has 0 spiro atoms. The molecule has 0 aliphatic heterocycles. The van der Waals surface area contributed by atoms with Crippen molar-refractivity contribution in [2.75, 3.05) is 14.2 Å². The highest BCUT2D eigenvalue weighted by Crippen LogP contribution is 2.32. The van der Waals surface area contributed by atoms with Crippen molar-refractivity contribution in [1.29, 1.82) is 0 Å². The average molecular weight is 273 g/mol. The standard InChI is InChI=1S/C16H19NOS/c1-12-9-13(11-17-2)7-8-16(12)19-15-6-4-5-14(10-15)18-3/h4-10,17H,11H2,1-3H3. The second-order valence-corrected chi connectivity index (χ2v) is 5.53. The summed E-state index contributed by atoms with van der Waals surface area (Å²) >= 11 is 1.77. The van der Waals surface area contributed by atoms with E-state index in [-0.39, 0.29) is 0 Å². The first-order valence-electron chi connectivity index (χ1n) is 6.29. The van der Waals surface area contributed by atoms with Gasteiger partial charge in [0, 0.05) is 16.3 Å². The Kier molecular flexibility index (Phi) is 4.88. The van der Waals surface area contributed by atoms with Gasteiger partial charge in [-0.1, -0.05) is 30.0 Å². The summed E-state index contributed by atoms with van der Waals surface area (Å²) in [6.07, 6.45) is 0. The van der Waals surface area contributed by atoms with Gasteiger partial charge in [0.2, 0.25) is 0 Å². The van der Waals surface area contributed by atoms with E-state index in [1.54, 1.807) is 18.9 Å². The van der Waals surface area contributed by atoms with Crippen molar-refractivity contribution in [3.63, 3.8) is 0 Å². The first-order chi connectivity index (χ1) is 9.22. The van der Waals surface area contributed by atoms with E-state index in [1.807, 2.05) is 19.2 Å². The van der Waals surface area contributed by atoms with Crippen LogP contribution < -0.4 is 10.1 Å². The molecule has 100 valence electrons. The van der Waals surface area contributed by atoms with E-state index in [9.17, 15) is 0 Å². The van der Waals surface area contributed by atoms with Crippen molar-refractivity contribution >= 4 is 11.8 Å². The number of ether oxygens (including phenoxy) is 1. The Morgan fingerprint density at radius 3 is 2.68 bits per heavy atom. The van der Waals surface area contributed by atoms with E-state index in [2.05, 4.69) is 42.6 Å². The summed E-state index contributed by atoms with van der Waals surface area (Å²) in [5.41, 5.74) is 2.62. The minimum absolute atomic E-state index is 0.898. The molecule has 0 aromatic heterocycles. The molecule has 0 saturated carbocycles. The fourth-order valence-electron chi connectivity index (χ4n) is 1.93. The van der Waals surface area contributed by atoms with Gasteiger partial charge in [-0.05, 0) is 49.4 Å². The van der Waals surface area contributed by atoms with E-state index < -0.39 is 0 Å². The van der Waals surface area contributed by atoms with Gasteiger partial charge in [-0.25, -0.2) is 0 Å². The summed E-state index contributed by atoms with van der Waals surface area (Å²) < 4.78 is 5.25. The molecule has 0 aliphatic rings. The molecule has 1 N–H and O–H groups in total. The van der Waals surface area contributed by atoms with Crippen LogP contribution in [0.1, 0.15) is 11.1 Å². The van der Waals surface area contributed by atoms with Crippen LogP contribution in [0.3, 0.4) is 0 Å². The van der Waals surface area contributed by atoms with Gasteiger partial charge in [-0.15, -0.1) is 0 Å². The molecule has 2 rings (SSSR count). The Hall–Kier alpha value is -1.45. The Morgan fingerprint density at radius 1 is 1.16 bits per heavy atom. The van der Waals surface area contributed by atoms with Gasteiger partial charge in [0.25, 0.3) is 0 Å². The zero-order valence-electron chi connectivity index (χ0n) is 11.6. The summed E-state index contributed by atoms with van der Waals surface area (Å²) in [7, 11) is 3.66. The van der Waals surface area contributed by atoms with Gasteiger partial charge in [-0.3, -0.25) is 0 Å². The van der Waals surface area contributed by atoms with Crippen molar-refractivity contribution in [2.45, 2.75) is 23.3 Å². The molecule has 2 aromatic rings. The third kappa shape index (κ3) is 3.75. The van der Waals surface area contributed by atoms with Crippen LogP contribution in [-0.2, 0) is 6.54 Å². The van der Waals surface area contributed by atoms with E-state index in [0.717, 1.165) is 12.3 Å². The van der Waals surface area contributed by atoms with Gasteiger partial charge in [0.1, 0.15) is 5.75 Å². The minimum atomic E-state index is 0.898. The Balaban J connectivity index is 2.18.